The number of carboxylic acid groups (broad SMARTS) is 1. The van der Waals surface area contributed by atoms with Gasteiger partial charge in [-0.25, -0.2) is 9.78 Å². The summed E-state index contributed by atoms with van der Waals surface area (Å²) in [5, 5.41) is 9.37. The third-order valence-electron chi connectivity index (χ3n) is 1.91. The van der Waals surface area contributed by atoms with Crippen LogP contribution in [0.4, 0.5) is 0 Å². The summed E-state index contributed by atoms with van der Waals surface area (Å²) in [6, 6.07) is 7.02. The molecule has 0 radical (unpaired) electrons. The van der Waals surface area contributed by atoms with Gasteiger partial charge in [0, 0.05) is 11.2 Å². The molecule has 0 bridgehead atoms. The molecular weight excluding hydrogens is 262 g/mol. The number of aromatic nitrogens is 1. The van der Waals surface area contributed by atoms with E-state index in [1.54, 1.807) is 24.3 Å². The quantitative estimate of drug-likeness (QED) is 0.927. The molecule has 0 amide bonds. The lowest BCUT2D eigenvalue weighted by Gasteiger charge is -2.03. The number of halogens is 1. The lowest BCUT2D eigenvalue weighted by Crippen LogP contribution is -1.93. The van der Waals surface area contributed by atoms with E-state index in [2.05, 4.69) is 4.98 Å². The molecule has 0 fully saturated rings. The fraction of sp³-hybridized carbons (Fsp3) is 0.0909. The maximum atomic E-state index is 10.6. The number of thiazole rings is 1. The third kappa shape index (κ3) is 3.18. The highest BCUT2D eigenvalue weighted by Gasteiger charge is 2.09. The maximum absolute atomic E-state index is 10.6. The lowest BCUT2D eigenvalue weighted by molar-refractivity contribution is 0.0696. The molecule has 0 aliphatic heterocycles. The molecule has 0 aliphatic carbocycles. The summed E-state index contributed by atoms with van der Waals surface area (Å²) in [6.45, 7) is 0.283. The zero-order valence-corrected chi connectivity index (χ0v) is 10.2. The number of rotatable bonds is 4. The van der Waals surface area contributed by atoms with Gasteiger partial charge in [-0.05, 0) is 18.2 Å². The van der Waals surface area contributed by atoms with E-state index in [0.29, 0.717) is 10.8 Å². The van der Waals surface area contributed by atoms with Gasteiger partial charge in [0.25, 0.3) is 0 Å². The molecule has 0 saturated carbocycles. The largest absolute Gasteiger partial charge is 0.488 e. The Morgan fingerprint density at radius 3 is 3.00 bits per heavy atom. The molecule has 0 atom stereocenters. The Balaban J connectivity index is 2.00. The summed E-state index contributed by atoms with van der Waals surface area (Å²) in [6.07, 6.45) is 1.50. The average Bonchev–Trinajstić information content (AvgIpc) is 2.75. The Labute approximate surface area is 106 Å². The first-order chi connectivity index (χ1) is 8.15. The van der Waals surface area contributed by atoms with Crippen molar-refractivity contribution in [3.63, 3.8) is 0 Å². The van der Waals surface area contributed by atoms with Gasteiger partial charge >= 0.3 is 5.97 Å². The number of benzene rings is 1. The van der Waals surface area contributed by atoms with Gasteiger partial charge in [-0.2, -0.15) is 0 Å². The number of ether oxygens (including phenoxy) is 1. The van der Waals surface area contributed by atoms with Gasteiger partial charge in [0.05, 0.1) is 4.88 Å². The van der Waals surface area contributed by atoms with Crippen molar-refractivity contribution in [2.45, 2.75) is 6.61 Å². The SMILES string of the molecule is O=C(O)c1ncc(COc2cccc(Cl)c2)s1. The predicted octanol–water partition coefficient (Wildman–Crippen LogP) is 3.07. The molecule has 1 aromatic heterocycles. The number of hydrogen-bond acceptors (Lipinski definition) is 4. The molecular formula is C11H8ClNO3S. The Hall–Kier alpha value is -1.59. The first-order valence-electron chi connectivity index (χ1n) is 4.71. The molecule has 2 rings (SSSR count). The number of aromatic carboxylic acids is 1. The second-order valence-electron chi connectivity index (χ2n) is 3.18. The topological polar surface area (TPSA) is 59.4 Å². The first-order valence-corrected chi connectivity index (χ1v) is 5.91. The van der Waals surface area contributed by atoms with Crippen molar-refractivity contribution in [3.05, 3.63) is 45.4 Å². The predicted molar refractivity (Wildman–Crippen MR) is 64.9 cm³/mol. The molecule has 88 valence electrons. The summed E-state index contributed by atoms with van der Waals surface area (Å²) < 4.78 is 5.46. The highest BCUT2D eigenvalue weighted by Crippen LogP contribution is 2.20. The third-order valence-corrected chi connectivity index (χ3v) is 3.11. The molecule has 0 aliphatic rings. The molecule has 0 spiro atoms. The van der Waals surface area contributed by atoms with Crippen molar-refractivity contribution in [2.24, 2.45) is 0 Å². The van der Waals surface area contributed by atoms with Crippen molar-refractivity contribution >= 4 is 28.9 Å². The second-order valence-corrected chi connectivity index (χ2v) is 4.73. The van der Waals surface area contributed by atoms with Crippen LogP contribution in [0.15, 0.2) is 30.5 Å². The van der Waals surface area contributed by atoms with Crippen molar-refractivity contribution in [1.82, 2.24) is 4.98 Å². The van der Waals surface area contributed by atoms with E-state index >= 15 is 0 Å². The number of carboxylic acids is 1. The van der Waals surface area contributed by atoms with Crippen LogP contribution in [0.25, 0.3) is 0 Å². The molecule has 17 heavy (non-hydrogen) atoms. The zero-order valence-electron chi connectivity index (χ0n) is 8.59. The first kappa shape index (κ1) is 11.9. The Kier molecular flexibility index (Phi) is 3.61. The minimum Gasteiger partial charge on any atom is -0.488 e. The van der Waals surface area contributed by atoms with Crippen LogP contribution in [0.1, 0.15) is 14.7 Å². The fourth-order valence-electron chi connectivity index (χ4n) is 1.18. The standard InChI is InChI=1S/C11H8ClNO3S/c12-7-2-1-3-8(4-7)16-6-9-5-13-10(17-9)11(14)15/h1-5H,6H2,(H,14,15). The Morgan fingerprint density at radius 1 is 1.53 bits per heavy atom. The van der Waals surface area contributed by atoms with E-state index < -0.39 is 5.97 Å². The fourth-order valence-corrected chi connectivity index (χ4v) is 2.03. The molecule has 1 aromatic carbocycles. The maximum Gasteiger partial charge on any atom is 0.365 e. The van der Waals surface area contributed by atoms with E-state index in [4.69, 9.17) is 21.4 Å². The minimum atomic E-state index is -1.02. The van der Waals surface area contributed by atoms with Crippen molar-refractivity contribution in [2.75, 3.05) is 0 Å². The second kappa shape index (κ2) is 5.16. The zero-order chi connectivity index (χ0) is 12.3. The molecule has 2 aromatic rings. The van der Waals surface area contributed by atoms with E-state index in [-0.39, 0.29) is 11.6 Å². The van der Waals surface area contributed by atoms with E-state index in [0.717, 1.165) is 16.2 Å². The number of hydrogen-bond donors (Lipinski definition) is 1. The van der Waals surface area contributed by atoms with Gasteiger partial charge in [-0.3, -0.25) is 0 Å². The van der Waals surface area contributed by atoms with Crippen molar-refractivity contribution < 1.29 is 14.6 Å². The van der Waals surface area contributed by atoms with Crippen LogP contribution < -0.4 is 4.74 Å². The molecule has 4 nitrogen and oxygen atoms in total. The lowest BCUT2D eigenvalue weighted by atomic mass is 10.3. The van der Waals surface area contributed by atoms with Gasteiger partial charge in [-0.1, -0.05) is 17.7 Å². The van der Waals surface area contributed by atoms with Crippen LogP contribution in [0.2, 0.25) is 5.02 Å². The van der Waals surface area contributed by atoms with Crippen molar-refractivity contribution in [1.29, 1.82) is 0 Å². The highest BCUT2D eigenvalue weighted by molar-refractivity contribution is 7.13. The van der Waals surface area contributed by atoms with E-state index in [9.17, 15) is 4.79 Å². The average molecular weight is 270 g/mol. The van der Waals surface area contributed by atoms with Gasteiger partial charge in [0.2, 0.25) is 5.01 Å². The molecule has 0 unspecified atom stereocenters. The summed E-state index contributed by atoms with van der Waals surface area (Å²) in [7, 11) is 0. The van der Waals surface area contributed by atoms with Crippen LogP contribution in [0, 0.1) is 0 Å². The van der Waals surface area contributed by atoms with E-state index in [1.807, 2.05) is 0 Å². The molecule has 1 N–H and O–H groups in total. The van der Waals surface area contributed by atoms with Gasteiger partial charge < -0.3 is 9.84 Å². The van der Waals surface area contributed by atoms with E-state index in [1.165, 1.54) is 6.20 Å². The molecule has 0 saturated heterocycles. The normalized spacial score (nSPS) is 10.2. The number of nitrogens with zero attached hydrogens (tertiary/aromatic N) is 1. The van der Waals surface area contributed by atoms with Gasteiger partial charge in [0.1, 0.15) is 12.4 Å². The Bertz CT molecular complexity index is 541. The molecule has 6 heteroatoms. The van der Waals surface area contributed by atoms with Crippen LogP contribution >= 0.6 is 22.9 Å². The summed E-state index contributed by atoms with van der Waals surface area (Å²) >= 11 is 6.90. The highest BCUT2D eigenvalue weighted by atomic mass is 35.5. The van der Waals surface area contributed by atoms with Crippen LogP contribution in [0.5, 0.6) is 5.75 Å². The van der Waals surface area contributed by atoms with Gasteiger partial charge in [0.15, 0.2) is 0 Å². The Morgan fingerprint density at radius 2 is 2.35 bits per heavy atom. The van der Waals surface area contributed by atoms with Crippen molar-refractivity contribution in [3.8, 4) is 5.75 Å². The van der Waals surface area contributed by atoms with Crippen LogP contribution in [-0.2, 0) is 6.61 Å². The van der Waals surface area contributed by atoms with Crippen LogP contribution in [0.3, 0.4) is 0 Å². The smallest absolute Gasteiger partial charge is 0.365 e. The monoisotopic (exact) mass is 269 g/mol. The molecule has 1 heterocycles. The van der Waals surface area contributed by atoms with Crippen LogP contribution in [-0.4, -0.2) is 16.1 Å². The summed E-state index contributed by atoms with van der Waals surface area (Å²) in [5.41, 5.74) is 0. The van der Waals surface area contributed by atoms with Gasteiger partial charge in [-0.15, -0.1) is 11.3 Å². The summed E-state index contributed by atoms with van der Waals surface area (Å²) in [5.74, 6) is -0.383. The minimum absolute atomic E-state index is 0.0645. The number of carbonyl (C=O) groups is 1. The summed E-state index contributed by atoms with van der Waals surface area (Å²) in [4.78, 5) is 15.1.